The summed E-state index contributed by atoms with van der Waals surface area (Å²) >= 11 is 4.32. The molecular weight excluding hydrogens is 250 g/mol. The second-order valence-corrected chi connectivity index (χ2v) is 8.24. The molecule has 5 unspecified atom stereocenters. The zero-order valence-corrected chi connectivity index (χ0v) is 12.8. The zero-order chi connectivity index (χ0) is 12.3. The molecule has 2 nitrogen and oxygen atoms in total. The van der Waals surface area contributed by atoms with Gasteiger partial charge in [-0.05, 0) is 25.8 Å². The summed E-state index contributed by atoms with van der Waals surface area (Å²) < 4.78 is 5.65. The van der Waals surface area contributed by atoms with E-state index >= 15 is 0 Å². The van der Waals surface area contributed by atoms with Crippen molar-refractivity contribution in [1.29, 1.82) is 0 Å². The molecule has 0 aliphatic carbocycles. The van der Waals surface area contributed by atoms with Gasteiger partial charge in [0.25, 0.3) is 0 Å². The molecule has 2 aliphatic heterocycles. The normalized spacial score (nSPS) is 41.1. The first-order chi connectivity index (χ1) is 8.22. The minimum absolute atomic E-state index is 0.628. The fourth-order valence-corrected chi connectivity index (χ4v) is 6.02. The minimum Gasteiger partial charge on any atom is -0.381 e. The van der Waals surface area contributed by atoms with Crippen LogP contribution in [-0.2, 0) is 4.74 Å². The van der Waals surface area contributed by atoms with E-state index < -0.39 is 0 Å². The fraction of sp³-hybridized carbons (Fsp3) is 1.00. The summed E-state index contributed by atoms with van der Waals surface area (Å²) in [5, 5.41) is 5.89. The Kier molecular flexibility index (Phi) is 5.52. The number of nitrogens with one attached hydrogen (secondary N) is 1. The Morgan fingerprint density at radius 2 is 2.12 bits per heavy atom. The molecule has 0 spiro atoms. The molecule has 2 fully saturated rings. The van der Waals surface area contributed by atoms with E-state index in [2.05, 4.69) is 49.7 Å². The van der Waals surface area contributed by atoms with Crippen LogP contribution < -0.4 is 5.32 Å². The average molecular weight is 275 g/mol. The number of hydrogen-bond donors (Lipinski definition) is 1. The molecule has 2 aliphatic rings. The second kappa shape index (κ2) is 6.69. The Bertz CT molecular complexity index is 233. The van der Waals surface area contributed by atoms with Crippen LogP contribution in [0.4, 0.5) is 0 Å². The molecule has 0 aromatic heterocycles. The molecule has 2 rings (SSSR count). The van der Waals surface area contributed by atoms with Crippen molar-refractivity contribution in [2.24, 2.45) is 5.92 Å². The monoisotopic (exact) mass is 275 g/mol. The lowest BCUT2D eigenvalue weighted by Crippen LogP contribution is -2.48. The topological polar surface area (TPSA) is 21.3 Å². The van der Waals surface area contributed by atoms with E-state index in [1.54, 1.807) is 0 Å². The summed E-state index contributed by atoms with van der Waals surface area (Å²) in [5.74, 6) is 2.01. The smallest absolute Gasteiger partial charge is 0.0509 e. The van der Waals surface area contributed by atoms with Crippen LogP contribution in [-0.4, -0.2) is 47.8 Å². The quantitative estimate of drug-likeness (QED) is 0.854. The molecule has 100 valence electrons. The number of hydrogen-bond acceptors (Lipinski definition) is 4. The standard InChI is InChI=1S/C13H25NOS2/c1-9-10(2)17-12(8-16-9)13(14-3)11-5-4-6-15-7-11/h9-14H,4-8H2,1-3H3. The van der Waals surface area contributed by atoms with Crippen molar-refractivity contribution in [3.05, 3.63) is 0 Å². The van der Waals surface area contributed by atoms with Gasteiger partial charge >= 0.3 is 0 Å². The molecule has 0 saturated carbocycles. The van der Waals surface area contributed by atoms with Gasteiger partial charge in [0.05, 0.1) is 6.61 Å². The molecule has 0 bridgehead atoms. The molecule has 2 saturated heterocycles. The number of rotatable bonds is 3. The predicted molar refractivity (Wildman–Crippen MR) is 79.2 cm³/mol. The molecular formula is C13H25NOS2. The number of thioether (sulfide) groups is 2. The van der Waals surface area contributed by atoms with E-state index in [1.165, 1.54) is 18.6 Å². The first-order valence-corrected chi connectivity index (χ1v) is 8.73. The van der Waals surface area contributed by atoms with Gasteiger partial charge in [0.1, 0.15) is 0 Å². The maximum atomic E-state index is 5.65. The molecule has 17 heavy (non-hydrogen) atoms. The Morgan fingerprint density at radius 1 is 1.29 bits per heavy atom. The molecule has 0 amide bonds. The summed E-state index contributed by atoms with van der Waals surface area (Å²) in [6.45, 7) is 6.65. The van der Waals surface area contributed by atoms with Gasteiger partial charge in [0.15, 0.2) is 0 Å². The lowest BCUT2D eigenvalue weighted by atomic mass is 9.92. The van der Waals surface area contributed by atoms with Crippen LogP contribution in [0, 0.1) is 5.92 Å². The van der Waals surface area contributed by atoms with Crippen LogP contribution in [0.3, 0.4) is 0 Å². The molecule has 0 aromatic carbocycles. The third-order valence-corrected chi connectivity index (χ3v) is 7.53. The first kappa shape index (κ1) is 14.0. The van der Waals surface area contributed by atoms with E-state index in [9.17, 15) is 0 Å². The molecule has 0 aromatic rings. The van der Waals surface area contributed by atoms with E-state index in [1.807, 2.05) is 0 Å². The van der Waals surface area contributed by atoms with Crippen molar-refractivity contribution < 1.29 is 4.74 Å². The third-order valence-electron chi connectivity index (χ3n) is 4.01. The van der Waals surface area contributed by atoms with E-state index in [0.29, 0.717) is 12.0 Å². The third kappa shape index (κ3) is 3.55. The van der Waals surface area contributed by atoms with E-state index in [4.69, 9.17) is 4.74 Å². The van der Waals surface area contributed by atoms with Crippen LogP contribution in [0.5, 0.6) is 0 Å². The van der Waals surface area contributed by atoms with E-state index in [0.717, 1.165) is 29.0 Å². The SMILES string of the molecule is CNC(C1CCCOC1)C1CSC(C)C(C)S1. The Labute approximate surface area is 114 Å². The average Bonchev–Trinajstić information content (AvgIpc) is 2.36. The van der Waals surface area contributed by atoms with Crippen LogP contribution in [0.15, 0.2) is 0 Å². The summed E-state index contributed by atoms with van der Waals surface area (Å²) in [5.41, 5.74) is 0. The van der Waals surface area contributed by atoms with Gasteiger partial charge in [0, 0.05) is 34.2 Å². The maximum absolute atomic E-state index is 5.65. The first-order valence-electron chi connectivity index (χ1n) is 6.74. The summed E-state index contributed by atoms with van der Waals surface area (Å²) in [6.07, 6.45) is 2.57. The minimum atomic E-state index is 0.628. The second-order valence-electron chi connectivity index (χ2n) is 5.21. The zero-order valence-electron chi connectivity index (χ0n) is 11.1. The van der Waals surface area contributed by atoms with Crippen LogP contribution in [0.25, 0.3) is 0 Å². The van der Waals surface area contributed by atoms with Crippen LogP contribution in [0.2, 0.25) is 0 Å². The van der Waals surface area contributed by atoms with Crippen molar-refractivity contribution in [3.63, 3.8) is 0 Å². The maximum Gasteiger partial charge on any atom is 0.0509 e. The van der Waals surface area contributed by atoms with Crippen LogP contribution >= 0.6 is 23.5 Å². The lowest BCUT2D eigenvalue weighted by Gasteiger charge is -2.40. The fourth-order valence-electron chi connectivity index (χ4n) is 2.77. The van der Waals surface area contributed by atoms with Gasteiger partial charge in [-0.25, -0.2) is 0 Å². The van der Waals surface area contributed by atoms with Crippen molar-refractivity contribution in [3.8, 4) is 0 Å². The van der Waals surface area contributed by atoms with Crippen molar-refractivity contribution in [2.75, 3.05) is 26.0 Å². The highest BCUT2D eigenvalue weighted by molar-refractivity contribution is 8.07. The molecule has 2 heterocycles. The highest BCUT2D eigenvalue weighted by Crippen LogP contribution is 2.39. The predicted octanol–water partition coefficient (Wildman–Crippen LogP) is 2.63. The van der Waals surface area contributed by atoms with Gasteiger partial charge in [0.2, 0.25) is 0 Å². The molecule has 1 N–H and O–H groups in total. The van der Waals surface area contributed by atoms with Gasteiger partial charge in [-0.3, -0.25) is 0 Å². The van der Waals surface area contributed by atoms with Gasteiger partial charge in [-0.2, -0.15) is 23.5 Å². The highest BCUT2D eigenvalue weighted by Gasteiger charge is 2.35. The summed E-state index contributed by atoms with van der Waals surface area (Å²) in [7, 11) is 2.12. The Hall–Kier alpha value is 0.620. The summed E-state index contributed by atoms with van der Waals surface area (Å²) in [6, 6.07) is 0.628. The molecule has 0 radical (unpaired) electrons. The Morgan fingerprint density at radius 3 is 2.71 bits per heavy atom. The van der Waals surface area contributed by atoms with Crippen molar-refractivity contribution >= 4 is 23.5 Å². The van der Waals surface area contributed by atoms with Crippen molar-refractivity contribution in [2.45, 2.75) is 48.5 Å². The molecule has 4 heteroatoms. The lowest BCUT2D eigenvalue weighted by molar-refractivity contribution is 0.0408. The number of ether oxygens (including phenoxy) is 1. The van der Waals surface area contributed by atoms with Gasteiger partial charge in [-0.1, -0.05) is 13.8 Å². The summed E-state index contributed by atoms with van der Waals surface area (Å²) in [4.78, 5) is 0. The van der Waals surface area contributed by atoms with E-state index in [-0.39, 0.29) is 0 Å². The van der Waals surface area contributed by atoms with Crippen LogP contribution in [0.1, 0.15) is 26.7 Å². The largest absolute Gasteiger partial charge is 0.381 e. The highest BCUT2D eigenvalue weighted by atomic mass is 32.2. The van der Waals surface area contributed by atoms with Crippen molar-refractivity contribution in [1.82, 2.24) is 5.32 Å². The Balaban J connectivity index is 1.93. The van der Waals surface area contributed by atoms with Gasteiger partial charge in [-0.15, -0.1) is 0 Å². The van der Waals surface area contributed by atoms with Gasteiger partial charge < -0.3 is 10.1 Å². The molecule has 5 atom stereocenters.